The van der Waals surface area contributed by atoms with Crippen LogP contribution in [-0.2, 0) is 0 Å². The van der Waals surface area contributed by atoms with Crippen LogP contribution in [-0.4, -0.2) is 4.03 Å². The van der Waals surface area contributed by atoms with E-state index in [1.54, 1.807) is 10.2 Å². The van der Waals surface area contributed by atoms with Gasteiger partial charge in [-0.1, -0.05) is 0 Å². The highest BCUT2D eigenvalue weighted by molar-refractivity contribution is 9.11. The average Bonchev–Trinajstić information content (AvgIpc) is 1.87. The van der Waals surface area contributed by atoms with Gasteiger partial charge >= 0.3 is 0 Å². The van der Waals surface area contributed by atoms with Crippen molar-refractivity contribution >= 4 is 32.1 Å². The fourth-order valence-electron chi connectivity index (χ4n) is 0.271. The Hall–Kier alpha value is 0.260. The lowest BCUT2D eigenvalue weighted by molar-refractivity contribution is 0.463. The van der Waals surface area contributed by atoms with Crippen LogP contribution >= 0.6 is 32.1 Å². The molecular formula is C2H3Br2N3. The SMILES string of the molecule is BrC1=CN(Br)NN1. The van der Waals surface area contributed by atoms with Crippen LogP contribution in [0.1, 0.15) is 0 Å². The second-order valence-electron chi connectivity index (χ2n) is 1.03. The summed E-state index contributed by atoms with van der Waals surface area (Å²) < 4.78 is 2.53. The highest BCUT2D eigenvalue weighted by atomic mass is 79.9. The zero-order chi connectivity index (χ0) is 5.28. The molecule has 7 heavy (non-hydrogen) atoms. The first-order valence-electron chi connectivity index (χ1n) is 1.63. The van der Waals surface area contributed by atoms with Gasteiger partial charge in [0.05, 0.1) is 22.3 Å². The van der Waals surface area contributed by atoms with Gasteiger partial charge in [-0.3, -0.25) is 5.43 Å². The molecule has 1 aliphatic heterocycles. The van der Waals surface area contributed by atoms with Crippen LogP contribution in [0.2, 0.25) is 0 Å². The van der Waals surface area contributed by atoms with E-state index in [-0.39, 0.29) is 0 Å². The Balaban J connectivity index is 2.50. The van der Waals surface area contributed by atoms with Crippen molar-refractivity contribution in [3.8, 4) is 0 Å². The molecule has 0 spiro atoms. The fraction of sp³-hybridized carbons (Fsp3) is 0. The number of nitrogens with one attached hydrogen (secondary N) is 2. The number of hydrogen-bond donors (Lipinski definition) is 2. The fourth-order valence-corrected chi connectivity index (χ4v) is 1.13. The van der Waals surface area contributed by atoms with Gasteiger partial charge in [0.2, 0.25) is 0 Å². The van der Waals surface area contributed by atoms with Crippen LogP contribution in [0.5, 0.6) is 0 Å². The summed E-state index contributed by atoms with van der Waals surface area (Å²) in [5, 5.41) is 0. The Labute approximate surface area is 58.2 Å². The number of hydrazine groups is 2. The molecule has 0 aromatic carbocycles. The third kappa shape index (κ3) is 1.32. The maximum absolute atomic E-state index is 3.19. The van der Waals surface area contributed by atoms with Gasteiger partial charge in [-0.2, -0.15) is 0 Å². The quantitative estimate of drug-likeness (QED) is 0.475. The number of hydrogen-bond acceptors (Lipinski definition) is 3. The molecule has 0 atom stereocenters. The van der Waals surface area contributed by atoms with E-state index < -0.39 is 0 Å². The summed E-state index contributed by atoms with van der Waals surface area (Å²) in [6.07, 6.45) is 1.81. The first-order chi connectivity index (χ1) is 3.29. The van der Waals surface area contributed by atoms with E-state index in [2.05, 4.69) is 43.0 Å². The summed E-state index contributed by atoms with van der Waals surface area (Å²) >= 11 is 6.33. The molecule has 0 radical (unpaired) electrons. The molecule has 3 nitrogen and oxygen atoms in total. The summed E-state index contributed by atoms with van der Waals surface area (Å²) in [7, 11) is 0. The second-order valence-corrected chi connectivity index (χ2v) is 2.64. The van der Waals surface area contributed by atoms with Crippen LogP contribution in [0.25, 0.3) is 0 Å². The largest absolute Gasteiger partial charge is 0.295 e. The summed E-state index contributed by atoms with van der Waals surface area (Å²) in [4.78, 5) is 0. The predicted octanol–water partition coefficient (Wildman–Crippen LogP) is 0.815. The molecule has 1 aliphatic rings. The van der Waals surface area contributed by atoms with Crippen LogP contribution in [0.4, 0.5) is 0 Å². The van der Waals surface area contributed by atoms with Crippen LogP contribution in [0, 0.1) is 0 Å². The van der Waals surface area contributed by atoms with Crippen molar-refractivity contribution in [2.24, 2.45) is 0 Å². The van der Waals surface area contributed by atoms with E-state index in [0.717, 1.165) is 4.61 Å². The van der Waals surface area contributed by atoms with Crippen LogP contribution < -0.4 is 11.0 Å². The standard InChI is InChI=1S/C2H3Br2N3/c3-2-1-7(4)6-5-2/h1,5-6H. The van der Waals surface area contributed by atoms with Gasteiger partial charge in [0.15, 0.2) is 0 Å². The van der Waals surface area contributed by atoms with Gasteiger partial charge < -0.3 is 0 Å². The average molecular weight is 229 g/mol. The number of nitrogens with zero attached hydrogens (tertiary/aromatic N) is 1. The van der Waals surface area contributed by atoms with Crippen molar-refractivity contribution in [2.45, 2.75) is 0 Å². The van der Waals surface area contributed by atoms with Crippen molar-refractivity contribution in [3.63, 3.8) is 0 Å². The van der Waals surface area contributed by atoms with Crippen molar-refractivity contribution in [1.82, 2.24) is 15.0 Å². The highest BCUT2D eigenvalue weighted by Crippen LogP contribution is 2.07. The zero-order valence-electron chi connectivity index (χ0n) is 3.28. The maximum atomic E-state index is 3.19. The molecule has 0 bridgehead atoms. The first-order valence-corrected chi connectivity index (χ1v) is 3.13. The minimum Gasteiger partial charge on any atom is -0.295 e. The molecule has 0 saturated heterocycles. The Morgan fingerprint density at radius 2 is 2.43 bits per heavy atom. The molecule has 0 aromatic rings. The van der Waals surface area contributed by atoms with Gasteiger partial charge in [-0.15, -0.1) is 5.53 Å². The summed E-state index contributed by atoms with van der Waals surface area (Å²) in [5.41, 5.74) is 5.51. The van der Waals surface area contributed by atoms with Gasteiger partial charge in [0.1, 0.15) is 4.61 Å². The minimum atomic E-state index is 0.907. The van der Waals surface area contributed by atoms with E-state index in [1.165, 1.54) is 0 Å². The number of rotatable bonds is 0. The van der Waals surface area contributed by atoms with E-state index in [0.29, 0.717) is 0 Å². The molecular weight excluding hydrogens is 226 g/mol. The molecule has 0 fully saturated rings. The highest BCUT2D eigenvalue weighted by Gasteiger charge is 2.01. The summed E-state index contributed by atoms with van der Waals surface area (Å²) in [6, 6.07) is 0. The van der Waals surface area contributed by atoms with Gasteiger partial charge in [-0.25, -0.2) is 4.03 Å². The molecule has 0 saturated carbocycles. The molecule has 40 valence electrons. The first kappa shape index (κ1) is 5.40. The Morgan fingerprint density at radius 3 is 2.57 bits per heavy atom. The second kappa shape index (κ2) is 2.02. The lowest BCUT2D eigenvalue weighted by Crippen LogP contribution is -2.28. The molecule has 1 rings (SSSR count). The van der Waals surface area contributed by atoms with E-state index in [9.17, 15) is 0 Å². The molecule has 0 amide bonds. The van der Waals surface area contributed by atoms with Crippen molar-refractivity contribution < 1.29 is 0 Å². The molecule has 2 N–H and O–H groups in total. The molecule has 0 aromatic heterocycles. The molecule has 1 heterocycles. The topological polar surface area (TPSA) is 27.3 Å². The molecule has 0 unspecified atom stereocenters. The van der Waals surface area contributed by atoms with Gasteiger partial charge in [-0.05, 0) is 15.9 Å². The summed E-state index contributed by atoms with van der Waals surface area (Å²) in [6.45, 7) is 0. The summed E-state index contributed by atoms with van der Waals surface area (Å²) in [5.74, 6) is 0. The third-order valence-corrected chi connectivity index (χ3v) is 1.29. The van der Waals surface area contributed by atoms with Crippen molar-refractivity contribution in [3.05, 3.63) is 10.8 Å². The van der Waals surface area contributed by atoms with Gasteiger partial charge in [0.25, 0.3) is 0 Å². The van der Waals surface area contributed by atoms with Gasteiger partial charge in [0, 0.05) is 0 Å². The molecule has 5 heteroatoms. The Kier molecular flexibility index (Phi) is 1.56. The maximum Gasteiger partial charge on any atom is 0.112 e. The number of halogens is 2. The van der Waals surface area contributed by atoms with E-state index >= 15 is 0 Å². The lowest BCUT2D eigenvalue weighted by Gasteiger charge is -2.00. The van der Waals surface area contributed by atoms with E-state index in [4.69, 9.17) is 0 Å². The minimum absolute atomic E-state index is 0.907. The van der Waals surface area contributed by atoms with Crippen molar-refractivity contribution in [2.75, 3.05) is 0 Å². The van der Waals surface area contributed by atoms with Crippen LogP contribution in [0.15, 0.2) is 10.8 Å². The van der Waals surface area contributed by atoms with Crippen LogP contribution in [0.3, 0.4) is 0 Å². The Bertz CT molecular complexity index is 101. The van der Waals surface area contributed by atoms with E-state index in [1.807, 2.05) is 0 Å². The normalized spacial score (nSPS) is 19.1. The smallest absolute Gasteiger partial charge is 0.112 e. The monoisotopic (exact) mass is 227 g/mol. The predicted molar refractivity (Wildman–Crippen MR) is 34.0 cm³/mol. The lowest BCUT2D eigenvalue weighted by atomic mass is 11.0. The third-order valence-electron chi connectivity index (χ3n) is 0.509. The Morgan fingerprint density at radius 1 is 1.71 bits per heavy atom. The van der Waals surface area contributed by atoms with Crippen molar-refractivity contribution in [1.29, 1.82) is 0 Å². The zero-order valence-corrected chi connectivity index (χ0v) is 6.45. The molecule has 0 aliphatic carbocycles.